The predicted octanol–water partition coefficient (Wildman–Crippen LogP) is 1.38. The van der Waals surface area contributed by atoms with Crippen molar-refractivity contribution in [3.8, 4) is 6.07 Å². The lowest BCUT2D eigenvalue weighted by atomic mass is 10.2. The maximum Gasteiger partial charge on any atom is 0.146 e. The normalized spacial score (nSPS) is 14.9. The van der Waals surface area contributed by atoms with Gasteiger partial charge in [-0.05, 0) is 19.1 Å². The topological polar surface area (TPSA) is 68.9 Å². The first-order valence-electron chi connectivity index (χ1n) is 6.91. The first-order chi connectivity index (χ1) is 10.3. The summed E-state index contributed by atoms with van der Waals surface area (Å²) in [5, 5.41) is 9.17. The molecule has 2 aromatic rings. The van der Waals surface area contributed by atoms with E-state index in [1.54, 1.807) is 18.6 Å². The fraction of sp³-hybridized carbons (Fsp3) is 0.333. The third kappa shape index (κ3) is 2.77. The van der Waals surface area contributed by atoms with Crippen LogP contribution in [0.3, 0.4) is 0 Å². The summed E-state index contributed by atoms with van der Waals surface area (Å²) < 4.78 is 0. The molecule has 0 aromatic carbocycles. The van der Waals surface area contributed by atoms with Gasteiger partial charge in [0.05, 0.1) is 5.56 Å². The van der Waals surface area contributed by atoms with E-state index in [-0.39, 0.29) is 0 Å². The van der Waals surface area contributed by atoms with Gasteiger partial charge in [-0.1, -0.05) is 0 Å². The Hall–Kier alpha value is -2.68. The lowest BCUT2D eigenvalue weighted by molar-refractivity contribution is 0.640. The number of hydrogen-bond donors (Lipinski definition) is 0. The van der Waals surface area contributed by atoms with Crippen LogP contribution in [-0.2, 0) is 0 Å². The standard InChI is InChI=1S/C15H16N6/c1-12-9-14(19-11-18-12)20-5-7-21(8-6-20)15-13(10-16)3-2-4-17-15/h2-4,9,11H,5-8H2,1H3. The maximum atomic E-state index is 9.17. The third-order valence-corrected chi connectivity index (χ3v) is 3.60. The summed E-state index contributed by atoms with van der Waals surface area (Å²) in [5.74, 6) is 1.74. The van der Waals surface area contributed by atoms with Crippen LogP contribution >= 0.6 is 0 Å². The average molecular weight is 280 g/mol. The molecular formula is C15H16N6. The van der Waals surface area contributed by atoms with E-state index in [4.69, 9.17) is 5.26 Å². The van der Waals surface area contributed by atoms with Crippen molar-refractivity contribution in [1.29, 1.82) is 5.26 Å². The van der Waals surface area contributed by atoms with E-state index in [1.165, 1.54) is 0 Å². The summed E-state index contributed by atoms with van der Waals surface area (Å²) in [6.45, 7) is 5.34. The summed E-state index contributed by atoms with van der Waals surface area (Å²) in [7, 11) is 0. The molecule has 3 heterocycles. The molecule has 0 spiro atoms. The highest BCUT2D eigenvalue weighted by Crippen LogP contribution is 2.20. The van der Waals surface area contributed by atoms with Gasteiger partial charge < -0.3 is 9.80 Å². The molecule has 0 amide bonds. The van der Waals surface area contributed by atoms with Gasteiger partial charge in [-0.3, -0.25) is 0 Å². The van der Waals surface area contributed by atoms with Crippen molar-refractivity contribution in [1.82, 2.24) is 15.0 Å². The van der Waals surface area contributed by atoms with Gasteiger partial charge in [-0.15, -0.1) is 0 Å². The molecule has 106 valence electrons. The number of rotatable bonds is 2. The van der Waals surface area contributed by atoms with Crippen LogP contribution in [0.25, 0.3) is 0 Å². The minimum atomic E-state index is 0.629. The Balaban J connectivity index is 1.72. The molecule has 0 unspecified atom stereocenters. The van der Waals surface area contributed by atoms with E-state index in [0.29, 0.717) is 5.56 Å². The molecular weight excluding hydrogens is 264 g/mol. The van der Waals surface area contributed by atoms with Gasteiger partial charge >= 0.3 is 0 Å². The number of nitrogens with zero attached hydrogens (tertiary/aromatic N) is 6. The first-order valence-corrected chi connectivity index (χ1v) is 6.91. The van der Waals surface area contributed by atoms with Crippen LogP contribution < -0.4 is 9.80 Å². The highest BCUT2D eigenvalue weighted by Gasteiger charge is 2.20. The van der Waals surface area contributed by atoms with Crippen LogP contribution in [-0.4, -0.2) is 41.1 Å². The van der Waals surface area contributed by atoms with Crippen LogP contribution in [0.5, 0.6) is 0 Å². The summed E-state index contributed by atoms with van der Waals surface area (Å²) >= 11 is 0. The second-order valence-corrected chi connectivity index (χ2v) is 4.98. The zero-order valence-corrected chi connectivity index (χ0v) is 11.9. The summed E-state index contributed by atoms with van der Waals surface area (Å²) in [6.07, 6.45) is 3.33. The lowest BCUT2D eigenvalue weighted by Crippen LogP contribution is -2.47. The number of anilines is 2. The Morgan fingerprint density at radius 3 is 2.57 bits per heavy atom. The Kier molecular flexibility index (Phi) is 3.65. The Bertz CT molecular complexity index is 670. The van der Waals surface area contributed by atoms with Gasteiger partial charge in [-0.25, -0.2) is 15.0 Å². The Morgan fingerprint density at radius 2 is 1.86 bits per heavy atom. The summed E-state index contributed by atoms with van der Waals surface area (Å²) in [5.41, 5.74) is 1.60. The molecule has 1 aliphatic rings. The number of piperazine rings is 1. The fourth-order valence-corrected chi connectivity index (χ4v) is 2.50. The number of nitriles is 1. The quantitative estimate of drug-likeness (QED) is 0.827. The molecule has 0 radical (unpaired) electrons. The highest BCUT2D eigenvalue weighted by molar-refractivity contribution is 5.54. The van der Waals surface area contributed by atoms with Crippen LogP contribution in [0.1, 0.15) is 11.3 Å². The molecule has 6 heteroatoms. The molecule has 0 atom stereocenters. The monoisotopic (exact) mass is 280 g/mol. The molecule has 0 saturated carbocycles. The largest absolute Gasteiger partial charge is 0.353 e. The molecule has 1 aliphatic heterocycles. The number of hydrogen-bond acceptors (Lipinski definition) is 6. The molecule has 0 bridgehead atoms. The van der Waals surface area contributed by atoms with Crippen molar-refractivity contribution >= 4 is 11.6 Å². The van der Waals surface area contributed by atoms with Crippen molar-refractivity contribution in [2.45, 2.75) is 6.92 Å². The van der Waals surface area contributed by atoms with Gasteiger partial charge in [0.25, 0.3) is 0 Å². The van der Waals surface area contributed by atoms with Gasteiger partial charge in [-0.2, -0.15) is 5.26 Å². The van der Waals surface area contributed by atoms with Crippen LogP contribution in [0.15, 0.2) is 30.7 Å². The van der Waals surface area contributed by atoms with Crippen molar-refractivity contribution in [3.05, 3.63) is 42.0 Å². The van der Waals surface area contributed by atoms with E-state index in [0.717, 1.165) is 43.5 Å². The summed E-state index contributed by atoms with van der Waals surface area (Å²) in [4.78, 5) is 17.2. The number of aromatic nitrogens is 3. The maximum absolute atomic E-state index is 9.17. The molecule has 6 nitrogen and oxygen atoms in total. The van der Waals surface area contributed by atoms with Crippen LogP contribution in [0.2, 0.25) is 0 Å². The highest BCUT2D eigenvalue weighted by atomic mass is 15.3. The number of aryl methyl sites for hydroxylation is 1. The smallest absolute Gasteiger partial charge is 0.146 e. The van der Waals surface area contributed by atoms with Gasteiger partial charge in [0.15, 0.2) is 0 Å². The lowest BCUT2D eigenvalue weighted by Gasteiger charge is -2.36. The predicted molar refractivity (Wildman–Crippen MR) is 80.1 cm³/mol. The fourth-order valence-electron chi connectivity index (χ4n) is 2.50. The Labute approximate surface area is 123 Å². The van der Waals surface area contributed by atoms with Gasteiger partial charge in [0.1, 0.15) is 24.0 Å². The van der Waals surface area contributed by atoms with Crippen molar-refractivity contribution in [3.63, 3.8) is 0 Å². The number of pyridine rings is 1. The second kappa shape index (κ2) is 5.75. The van der Waals surface area contributed by atoms with E-state index in [1.807, 2.05) is 19.1 Å². The van der Waals surface area contributed by atoms with Crippen LogP contribution in [0, 0.1) is 18.3 Å². The minimum Gasteiger partial charge on any atom is -0.353 e. The average Bonchev–Trinajstić information content (AvgIpc) is 2.55. The molecule has 0 N–H and O–H groups in total. The zero-order valence-electron chi connectivity index (χ0n) is 11.9. The van der Waals surface area contributed by atoms with E-state index < -0.39 is 0 Å². The van der Waals surface area contributed by atoms with E-state index in [9.17, 15) is 0 Å². The molecule has 2 aromatic heterocycles. The second-order valence-electron chi connectivity index (χ2n) is 4.98. The third-order valence-electron chi connectivity index (χ3n) is 3.60. The first kappa shape index (κ1) is 13.3. The molecule has 0 aliphatic carbocycles. The van der Waals surface area contributed by atoms with Crippen molar-refractivity contribution < 1.29 is 0 Å². The summed E-state index contributed by atoms with van der Waals surface area (Å²) in [6, 6.07) is 7.80. The van der Waals surface area contributed by atoms with Crippen molar-refractivity contribution in [2.24, 2.45) is 0 Å². The molecule has 1 saturated heterocycles. The SMILES string of the molecule is Cc1cc(N2CCN(c3ncccc3C#N)CC2)ncn1. The van der Waals surface area contributed by atoms with Gasteiger partial charge in [0, 0.05) is 44.1 Å². The zero-order chi connectivity index (χ0) is 14.7. The van der Waals surface area contributed by atoms with E-state index >= 15 is 0 Å². The molecule has 3 rings (SSSR count). The Morgan fingerprint density at radius 1 is 1.10 bits per heavy atom. The molecule has 21 heavy (non-hydrogen) atoms. The van der Waals surface area contributed by atoms with E-state index in [2.05, 4.69) is 30.8 Å². The molecule has 1 fully saturated rings. The minimum absolute atomic E-state index is 0.629. The van der Waals surface area contributed by atoms with Crippen molar-refractivity contribution in [2.75, 3.05) is 36.0 Å². The van der Waals surface area contributed by atoms with Crippen LogP contribution in [0.4, 0.5) is 11.6 Å². The van der Waals surface area contributed by atoms with Gasteiger partial charge in [0.2, 0.25) is 0 Å².